The van der Waals surface area contributed by atoms with Crippen LogP contribution in [-0.4, -0.2) is 10.8 Å². The SMILES string of the molecule is Cc1ccc(C(C(=N)N)(c2cccc(F)c2)c2cccc(F)c2)cn1. The molecule has 5 heteroatoms. The molecule has 25 heavy (non-hydrogen) atoms. The first-order valence-electron chi connectivity index (χ1n) is 7.74. The standard InChI is InChI=1S/C20H17F2N3/c1-13-8-9-16(12-25-13)20(19(23)24,14-4-2-6-17(21)10-14)15-5-3-7-18(22)11-15/h2-12H,1H3,(H3,23,24). The Morgan fingerprint density at radius 1 is 0.920 bits per heavy atom. The van der Waals surface area contributed by atoms with Crippen molar-refractivity contribution in [2.45, 2.75) is 12.3 Å². The number of aryl methyl sites for hydroxylation is 1. The zero-order valence-corrected chi connectivity index (χ0v) is 13.6. The van der Waals surface area contributed by atoms with Crippen molar-refractivity contribution < 1.29 is 8.78 Å². The Labute approximate surface area is 144 Å². The van der Waals surface area contributed by atoms with E-state index in [4.69, 9.17) is 11.1 Å². The second-order valence-electron chi connectivity index (χ2n) is 5.87. The van der Waals surface area contributed by atoms with E-state index in [1.54, 1.807) is 42.6 Å². The molecule has 0 fully saturated rings. The number of nitrogens with zero attached hydrogens (tertiary/aromatic N) is 1. The van der Waals surface area contributed by atoms with E-state index in [1.807, 2.05) is 6.92 Å². The normalized spacial score (nSPS) is 11.3. The first kappa shape index (κ1) is 16.8. The minimum atomic E-state index is -1.33. The van der Waals surface area contributed by atoms with Gasteiger partial charge in [-0.25, -0.2) is 8.78 Å². The van der Waals surface area contributed by atoms with E-state index in [0.29, 0.717) is 16.7 Å². The molecule has 3 aromatic rings. The van der Waals surface area contributed by atoms with Crippen LogP contribution in [0.4, 0.5) is 8.78 Å². The van der Waals surface area contributed by atoms with Gasteiger partial charge in [-0.15, -0.1) is 0 Å². The number of pyridine rings is 1. The minimum Gasteiger partial charge on any atom is -0.386 e. The summed E-state index contributed by atoms with van der Waals surface area (Å²) in [6.45, 7) is 1.84. The molecule has 0 aliphatic carbocycles. The molecular formula is C20H17F2N3. The van der Waals surface area contributed by atoms with E-state index in [-0.39, 0.29) is 5.84 Å². The van der Waals surface area contributed by atoms with E-state index in [0.717, 1.165) is 5.69 Å². The molecule has 3 N–H and O–H groups in total. The Bertz CT molecular complexity index is 875. The topological polar surface area (TPSA) is 62.8 Å². The summed E-state index contributed by atoms with van der Waals surface area (Å²) in [5, 5.41) is 8.31. The van der Waals surface area contributed by atoms with Gasteiger partial charge in [0.1, 0.15) is 22.9 Å². The van der Waals surface area contributed by atoms with Gasteiger partial charge in [0.25, 0.3) is 0 Å². The lowest BCUT2D eigenvalue weighted by molar-refractivity contribution is 0.617. The first-order valence-corrected chi connectivity index (χ1v) is 7.74. The van der Waals surface area contributed by atoms with Gasteiger partial charge < -0.3 is 5.73 Å². The summed E-state index contributed by atoms with van der Waals surface area (Å²) in [7, 11) is 0. The molecule has 0 bridgehead atoms. The quantitative estimate of drug-likeness (QED) is 0.559. The fourth-order valence-electron chi connectivity index (χ4n) is 3.10. The molecule has 0 unspecified atom stereocenters. The molecule has 0 amide bonds. The van der Waals surface area contributed by atoms with Crippen LogP contribution in [0.25, 0.3) is 0 Å². The number of hydrogen-bond acceptors (Lipinski definition) is 2. The van der Waals surface area contributed by atoms with E-state index >= 15 is 0 Å². The molecule has 3 nitrogen and oxygen atoms in total. The van der Waals surface area contributed by atoms with E-state index in [9.17, 15) is 8.78 Å². The molecule has 126 valence electrons. The smallest absolute Gasteiger partial charge is 0.123 e. The maximum Gasteiger partial charge on any atom is 0.123 e. The fourth-order valence-corrected chi connectivity index (χ4v) is 3.10. The highest BCUT2D eigenvalue weighted by molar-refractivity contribution is 5.96. The fraction of sp³-hybridized carbons (Fsp3) is 0.100. The Morgan fingerprint density at radius 3 is 1.88 bits per heavy atom. The van der Waals surface area contributed by atoms with Crippen LogP contribution < -0.4 is 5.73 Å². The van der Waals surface area contributed by atoms with Crippen LogP contribution in [0.15, 0.2) is 66.9 Å². The summed E-state index contributed by atoms with van der Waals surface area (Å²) in [4.78, 5) is 4.28. The molecule has 0 aliphatic heterocycles. The van der Waals surface area contributed by atoms with E-state index < -0.39 is 17.0 Å². The second kappa shape index (κ2) is 6.43. The van der Waals surface area contributed by atoms with E-state index in [1.165, 1.54) is 24.3 Å². The molecule has 2 aromatic carbocycles. The lowest BCUT2D eigenvalue weighted by Gasteiger charge is -2.34. The molecule has 0 saturated carbocycles. The average molecular weight is 337 g/mol. The third kappa shape index (κ3) is 2.89. The van der Waals surface area contributed by atoms with Crippen molar-refractivity contribution in [1.29, 1.82) is 5.41 Å². The van der Waals surface area contributed by atoms with Crippen LogP contribution in [0.5, 0.6) is 0 Å². The number of nitrogens with two attached hydrogens (primary N) is 1. The maximum atomic E-state index is 13.9. The van der Waals surface area contributed by atoms with Gasteiger partial charge in [0.15, 0.2) is 0 Å². The third-order valence-corrected chi connectivity index (χ3v) is 4.26. The van der Waals surface area contributed by atoms with Gasteiger partial charge in [-0.1, -0.05) is 30.3 Å². The van der Waals surface area contributed by atoms with Gasteiger partial charge >= 0.3 is 0 Å². The number of nitrogens with one attached hydrogen (secondary N) is 1. The molecule has 3 rings (SSSR count). The summed E-state index contributed by atoms with van der Waals surface area (Å²) in [6.07, 6.45) is 1.59. The van der Waals surface area contributed by atoms with Crippen LogP contribution in [0, 0.1) is 24.0 Å². The Morgan fingerprint density at radius 2 is 1.48 bits per heavy atom. The number of halogens is 2. The number of benzene rings is 2. The predicted octanol–water partition coefficient (Wildman–Crippen LogP) is 3.94. The molecule has 1 aromatic heterocycles. The molecule has 0 spiro atoms. The first-order chi connectivity index (χ1) is 11.9. The monoisotopic (exact) mass is 337 g/mol. The van der Waals surface area contributed by atoms with Crippen molar-refractivity contribution >= 4 is 5.84 Å². The number of aromatic nitrogens is 1. The van der Waals surface area contributed by atoms with Gasteiger partial charge in [0.05, 0.1) is 0 Å². The van der Waals surface area contributed by atoms with Crippen molar-refractivity contribution in [2.75, 3.05) is 0 Å². The summed E-state index contributed by atoms with van der Waals surface area (Å²) < 4.78 is 27.9. The summed E-state index contributed by atoms with van der Waals surface area (Å²) in [6, 6.07) is 15.3. The Hall–Kier alpha value is -3.08. The summed E-state index contributed by atoms with van der Waals surface area (Å²) in [5.41, 5.74) is 6.93. The van der Waals surface area contributed by atoms with Crippen LogP contribution in [0.2, 0.25) is 0 Å². The number of amidine groups is 1. The maximum absolute atomic E-state index is 13.9. The Kier molecular flexibility index (Phi) is 4.31. The highest BCUT2D eigenvalue weighted by Crippen LogP contribution is 2.39. The largest absolute Gasteiger partial charge is 0.386 e. The molecule has 0 atom stereocenters. The summed E-state index contributed by atoms with van der Waals surface area (Å²) in [5.74, 6) is -1.16. The van der Waals surface area contributed by atoms with Gasteiger partial charge in [0, 0.05) is 11.9 Å². The van der Waals surface area contributed by atoms with Crippen molar-refractivity contribution in [3.8, 4) is 0 Å². The van der Waals surface area contributed by atoms with E-state index in [2.05, 4.69) is 4.98 Å². The third-order valence-electron chi connectivity index (χ3n) is 4.26. The van der Waals surface area contributed by atoms with Crippen LogP contribution in [-0.2, 0) is 5.41 Å². The zero-order chi connectivity index (χ0) is 18.0. The van der Waals surface area contributed by atoms with Crippen LogP contribution in [0.3, 0.4) is 0 Å². The molecular weight excluding hydrogens is 320 g/mol. The van der Waals surface area contributed by atoms with Crippen molar-refractivity contribution in [1.82, 2.24) is 4.98 Å². The van der Waals surface area contributed by atoms with Crippen LogP contribution in [0.1, 0.15) is 22.4 Å². The molecule has 1 heterocycles. The zero-order valence-electron chi connectivity index (χ0n) is 13.6. The highest BCUT2D eigenvalue weighted by Gasteiger charge is 2.40. The number of rotatable bonds is 4. The molecule has 0 saturated heterocycles. The summed E-state index contributed by atoms with van der Waals surface area (Å²) >= 11 is 0. The lowest BCUT2D eigenvalue weighted by atomic mass is 9.69. The predicted molar refractivity (Wildman–Crippen MR) is 93.6 cm³/mol. The Balaban J connectivity index is 2.40. The van der Waals surface area contributed by atoms with Crippen LogP contribution >= 0.6 is 0 Å². The lowest BCUT2D eigenvalue weighted by Crippen LogP contribution is -2.43. The molecule has 0 radical (unpaired) electrons. The van der Waals surface area contributed by atoms with Crippen molar-refractivity contribution in [3.05, 3.63) is 101 Å². The van der Waals surface area contributed by atoms with Crippen molar-refractivity contribution in [2.24, 2.45) is 5.73 Å². The van der Waals surface area contributed by atoms with Gasteiger partial charge in [0.2, 0.25) is 0 Å². The average Bonchev–Trinajstić information content (AvgIpc) is 2.57. The van der Waals surface area contributed by atoms with Gasteiger partial charge in [-0.05, 0) is 53.9 Å². The minimum absolute atomic E-state index is 0.241. The molecule has 0 aliphatic rings. The van der Waals surface area contributed by atoms with Crippen molar-refractivity contribution in [3.63, 3.8) is 0 Å². The highest BCUT2D eigenvalue weighted by atomic mass is 19.1. The number of hydrogen-bond donors (Lipinski definition) is 2. The van der Waals surface area contributed by atoms with Gasteiger partial charge in [-0.2, -0.15) is 0 Å². The second-order valence-corrected chi connectivity index (χ2v) is 5.87. The van der Waals surface area contributed by atoms with Gasteiger partial charge in [-0.3, -0.25) is 10.4 Å².